The summed E-state index contributed by atoms with van der Waals surface area (Å²) in [5, 5.41) is 0. The molecule has 5 heteroatoms. The summed E-state index contributed by atoms with van der Waals surface area (Å²) in [6, 6.07) is 38.8. The normalized spacial score (nSPS) is 18.2. The van der Waals surface area contributed by atoms with E-state index in [1.807, 2.05) is 18.2 Å². The number of hydrogen-bond donors (Lipinski definition) is 0. The van der Waals surface area contributed by atoms with Gasteiger partial charge in [-0.25, -0.2) is 0 Å². The minimum Gasteiger partial charge on any atom is -0.453 e. The van der Waals surface area contributed by atoms with Crippen LogP contribution in [0.1, 0.15) is 52.7 Å². The summed E-state index contributed by atoms with van der Waals surface area (Å²) >= 11 is 0. The summed E-state index contributed by atoms with van der Waals surface area (Å²) < 4.78 is 19.4. The van der Waals surface area contributed by atoms with Crippen molar-refractivity contribution in [2.75, 3.05) is 4.90 Å². The highest BCUT2D eigenvalue weighted by Gasteiger charge is 2.52. The average molecular weight is 578 g/mol. The maximum absolute atomic E-state index is 6.51. The molecular formula is C39H36BNO3. The lowest BCUT2D eigenvalue weighted by Gasteiger charge is -2.33. The lowest BCUT2D eigenvalue weighted by molar-refractivity contribution is 0.00578. The highest BCUT2D eigenvalue weighted by molar-refractivity contribution is 6.62. The molecule has 2 heterocycles. The minimum absolute atomic E-state index is 0.101. The molecule has 0 atom stereocenters. The second-order valence-electron chi connectivity index (χ2n) is 13.7. The van der Waals surface area contributed by atoms with Gasteiger partial charge in [-0.2, -0.15) is 0 Å². The number of hydrogen-bond acceptors (Lipinski definition) is 4. The first kappa shape index (κ1) is 27.2. The maximum atomic E-state index is 6.51. The fourth-order valence-corrected chi connectivity index (χ4v) is 6.88. The Balaban J connectivity index is 1.20. The fraction of sp³-hybridized carbons (Fsp3) is 0.231. The van der Waals surface area contributed by atoms with Crippen LogP contribution in [-0.4, -0.2) is 18.3 Å². The first-order chi connectivity index (χ1) is 21.0. The van der Waals surface area contributed by atoms with E-state index in [0.717, 1.165) is 45.2 Å². The van der Waals surface area contributed by atoms with Gasteiger partial charge >= 0.3 is 7.12 Å². The highest BCUT2D eigenvalue weighted by Crippen LogP contribution is 2.53. The summed E-state index contributed by atoms with van der Waals surface area (Å²) in [5.74, 6) is 1.69. The van der Waals surface area contributed by atoms with Gasteiger partial charge in [0.1, 0.15) is 0 Å². The molecule has 5 aromatic carbocycles. The van der Waals surface area contributed by atoms with Crippen LogP contribution >= 0.6 is 0 Å². The Labute approximate surface area is 260 Å². The zero-order valence-corrected chi connectivity index (χ0v) is 26.1. The molecule has 1 aliphatic carbocycles. The van der Waals surface area contributed by atoms with Crippen LogP contribution in [0.25, 0.3) is 22.3 Å². The standard InChI is InChI=1S/C39H36BNO3/c1-37(2)31-19-16-25(22-29(31)30-24-27(18-20-32(30)37)40-43-38(3,4)39(5,6)44-40)26-17-21-34-36(23-26)42-35-15-11-10-14-33(35)41(34)28-12-8-7-9-13-28/h7-24H,1-6H3. The Morgan fingerprint density at radius 1 is 0.545 bits per heavy atom. The molecule has 0 amide bonds. The van der Waals surface area contributed by atoms with E-state index in [2.05, 4.69) is 137 Å². The van der Waals surface area contributed by atoms with Crippen LogP contribution in [0.5, 0.6) is 11.5 Å². The van der Waals surface area contributed by atoms with E-state index < -0.39 is 7.12 Å². The second kappa shape index (κ2) is 9.34. The third kappa shape index (κ3) is 3.99. The Morgan fingerprint density at radius 2 is 1.14 bits per heavy atom. The van der Waals surface area contributed by atoms with E-state index in [-0.39, 0.29) is 16.6 Å². The maximum Gasteiger partial charge on any atom is 0.494 e. The van der Waals surface area contributed by atoms with Gasteiger partial charge < -0.3 is 18.9 Å². The Bertz CT molecular complexity index is 1930. The van der Waals surface area contributed by atoms with E-state index in [9.17, 15) is 0 Å². The molecule has 0 saturated carbocycles. The smallest absolute Gasteiger partial charge is 0.453 e. The van der Waals surface area contributed by atoms with Crippen LogP contribution in [0.2, 0.25) is 0 Å². The van der Waals surface area contributed by atoms with Gasteiger partial charge in [0.15, 0.2) is 11.5 Å². The van der Waals surface area contributed by atoms with Gasteiger partial charge in [0.05, 0.1) is 22.6 Å². The number of ether oxygens (including phenoxy) is 1. The van der Waals surface area contributed by atoms with Crippen molar-refractivity contribution < 1.29 is 14.0 Å². The van der Waals surface area contributed by atoms with Crippen molar-refractivity contribution >= 4 is 29.6 Å². The van der Waals surface area contributed by atoms with Crippen LogP contribution in [0.3, 0.4) is 0 Å². The molecule has 218 valence electrons. The molecule has 1 saturated heterocycles. The molecule has 0 N–H and O–H groups in total. The first-order valence-electron chi connectivity index (χ1n) is 15.4. The summed E-state index contributed by atoms with van der Waals surface area (Å²) in [5.41, 5.74) is 10.8. The van der Waals surface area contributed by atoms with E-state index in [1.165, 1.54) is 22.3 Å². The highest BCUT2D eigenvalue weighted by atomic mass is 16.7. The lowest BCUT2D eigenvalue weighted by Crippen LogP contribution is -2.41. The zero-order valence-electron chi connectivity index (χ0n) is 26.1. The van der Waals surface area contributed by atoms with Crippen LogP contribution < -0.4 is 15.1 Å². The number of rotatable bonds is 3. The molecule has 0 bridgehead atoms. The van der Waals surface area contributed by atoms with Crippen molar-refractivity contribution in [2.24, 2.45) is 0 Å². The van der Waals surface area contributed by atoms with Gasteiger partial charge in [-0.1, -0.05) is 80.6 Å². The predicted molar refractivity (Wildman–Crippen MR) is 180 cm³/mol. The van der Waals surface area contributed by atoms with E-state index >= 15 is 0 Å². The molecule has 8 rings (SSSR count). The van der Waals surface area contributed by atoms with E-state index in [1.54, 1.807) is 0 Å². The fourth-order valence-electron chi connectivity index (χ4n) is 6.88. The minimum atomic E-state index is -0.395. The quantitative estimate of drug-likeness (QED) is 0.196. The zero-order chi connectivity index (χ0) is 30.4. The summed E-state index contributed by atoms with van der Waals surface area (Å²) in [6.07, 6.45) is 0. The Morgan fingerprint density at radius 3 is 1.89 bits per heavy atom. The molecule has 2 aliphatic heterocycles. The third-order valence-corrected chi connectivity index (χ3v) is 10.1. The molecule has 44 heavy (non-hydrogen) atoms. The van der Waals surface area contributed by atoms with Crippen molar-refractivity contribution in [3.05, 3.63) is 120 Å². The SMILES string of the molecule is CC1(C)c2ccc(B3OC(C)(C)C(C)(C)O3)cc2-c2cc(-c3ccc4c(c3)Oc3ccccc3N4c3ccccc3)ccc21. The van der Waals surface area contributed by atoms with Gasteiger partial charge in [0.25, 0.3) is 0 Å². The number of nitrogens with zero attached hydrogens (tertiary/aromatic N) is 1. The molecule has 0 radical (unpaired) electrons. The summed E-state index contributed by atoms with van der Waals surface area (Å²) in [7, 11) is -0.395. The van der Waals surface area contributed by atoms with E-state index in [0.29, 0.717) is 0 Å². The molecule has 0 spiro atoms. The lowest BCUT2D eigenvalue weighted by atomic mass is 9.76. The number of benzene rings is 5. The summed E-state index contributed by atoms with van der Waals surface area (Å²) in [4.78, 5) is 2.27. The number of fused-ring (bicyclic) bond motifs is 5. The monoisotopic (exact) mass is 577 g/mol. The second-order valence-corrected chi connectivity index (χ2v) is 13.7. The number of anilines is 3. The van der Waals surface area contributed by atoms with Crippen molar-refractivity contribution in [3.63, 3.8) is 0 Å². The van der Waals surface area contributed by atoms with Crippen molar-refractivity contribution in [3.8, 4) is 33.8 Å². The van der Waals surface area contributed by atoms with Gasteiger partial charge in [0.2, 0.25) is 0 Å². The van der Waals surface area contributed by atoms with Crippen LogP contribution in [0.4, 0.5) is 17.1 Å². The topological polar surface area (TPSA) is 30.9 Å². The van der Waals surface area contributed by atoms with Gasteiger partial charge in [-0.05, 0) is 109 Å². The Kier molecular flexibility index (Phi) is 5.79. The van der Waals surface area contributed by atoms with Crippen LogP contribution in [-0.2, 0) is 14.7 Å². The van der Waals surface area contributed by atoms with Crippen molar-refractivity contribution in [1.82, 2.24) is 0 Å². The van der Waals surface area contributed by atoms with Gasteiger partial charge in [-0.15, -0.1) is 0 Å². The van der Waals surface area contributed by atoms with Crippen molar-refractivity contribution in [2.45, 2.75) is 58.2 Å². The first-order valence-corrected chi connectivity index (χ1v) is 15.4. The molecule has 4 nitrogen and oxygen atoms in total. The average Bonchev–Trinajstić information content (AvgIpc) is 3.38. The number of para-hydroxylation sites is 3. The molecule has 0 unspecified atom stereocenters. The van der Waals surface area contributed by atoms with Crippen molar-refractivity contribution in [1.29, 1.82) is 0 Å². The van der Waals surface area contributed by atoms with Gasteiger partial charge in [-0.3, -0.25) is 0 Å². The molecule has 0 aromatic heterocycles. The van der Waals surface area contributed by atoms with Gasteiger partial charge in [0, 0.05) is 11.1 Å². The molecular weight excluding hydrogens is 541 g/mol. The predicted octanol–water partition coefficient (Wildman–Crippen LogP) is 9.53. The van der Waals surface area contributed by atoms with E-state index in [4.69, 9.17) is 14.0 Å². The Hall–Kier alpha value is -4.32. The third-order valence-electron chi connectivity index (χ3n) is 10.1. The van der Waals surface area contributed by atoms with Crippen LogP contribution in [0, 0.1) is 0 Å². The molecule has 1 fully saturated rings. The summed E-state index contributed by atoms with van der Waals surface area (Å²) in [6.45, 7) is 13.0. The molecule has 3 aliphatic rings. The van der Waals surface area contributed by atoms with Crippen LogP contribution in [0.15, 0.2) is 109 Å². The largest absolute Gasteiger partial charge is 0.494 e. The molecule has 5 aromatic rings.